The molecule has 0 aliphatic heterocycles. The van der Waals surface area contributed by atoms with Crippen molar-refractivity contribution in [2.24, 2.45) is 0 Å². The van der Waals surface area contributed by atoms with Crippen LogP contribution in [0.2, 0.25) is 0 Å². The van der Waals surface area contributed by atoms with Crippen LogP contribution in [0, 0.1) is 0 Å². The van der Waals surface area contributed by atoms with Gasteiger partial charge in [-0.25, -0.2) is 23.1 Å². The molecule has 0 bridgehead atoms. The lowest BCUT2D eigenvalue weighted by molar-refractivity contribution is 0.417. The number of methoxy groups -OCH3 is 1. The van der Waals surface area contributed by atoms with Gasteiger partial charge in [0.05, 0.1) is 29.1 Å². The summed E-state index contributed by atoms with van der Waals surface area (Å²) in [5.41, 5.74) is 9.55. The Labute approximate surface area is 210 Å². The first-order valence-electron chi connectivity index (χ1n) is 11.8. The molecule has 11 heteroatoms. The quantitative estimate of drug-likeness (QED) is 0.383. The van der Waals surface area contributed by atoms with Gasteiger partial charge in [0.25, 0.3) is 10.0 Å². The number of hydrogen-bond acceptors (Lipinski definition) is 8. The molecule has 36 heavy (non-hydrogen) atoms. The number of hydrogen-bond donors (Lipinski definition) is 2. The summed E-state index contributed by atoms with van der Waals surface area (Å²) in [6, 6.07) is 12.1. The van der Waals surface area contributed by atoms with E-state index in [-0.39, 0.29) is 10.9 Å². The van der Waals surface area contributed by atoms with Crippen LogP contribution in [0.4, 0.5) is 17.2 Å². The van der Waals surface area contributed by atoms with E-state index in [1.807, 2.05) is 23.7 Å². The number of ether oxygens (including phenoxy) is 1. The summed E-state index contributed by atoms with van der Waals surface area (Å²) in [6.07, 6.45) is 5.85. The van der Waals surface area contributed by atoms with Crippen LogP contribution in [0.3, 0.4) is 0 Å². The maximum absolute atomic E-state index is 13.0. The van der Waals surface area contributed by atoms with Gasteiger partial charge in [0.15, 0.2) is 5.65 Å². The maximum Gasteiger partial charge on any atom is 0.262 e. The van der Waals surface area contributed by atoms with Crippen LogP contribution < -0.4 is 20.1 Å². The van der Waals surface area contributed by atoms with Crippen molar-refractivity contribution in [1.29, 1.82) is 0 Å². The lowest BCUT2D eigenvalue weighted by atomic mass is 10.1. The number of nitrogen functional groups attached to an aromatic ring is 1. The summed E-state index contributed by atoms with van der Waals surface area (Å²) < 4.78 is 36.2. The predicted molar refractivity (Wildman–Crippen MR) is 141 cm³/mol. The molecule has 0 spiro atoms. The highest BCUT2D eigenvalue weighted by atomic mass is 32.2. The van der Waals surface area contributed by atoms with Crippen molar-refractivity contribution in [1.82, 2.24) is 19.7 Å². The van der Waals surface area contributed by atoms with Crippen LogP contribution in [0.15, 0.2) is 53.7 Å². The highest BCUT2D eigenvalue weighted by Gasteiger charge is 2.25. The molecule has 2 aromatic carbocycles. The van der Waals surface area contributed by atoms with Crippen LogP contribution in [0.25, 0.3) is 22.3 Å². The van der Waals surface area contributed by atoms with Crippen LogP contribution in [-0.4, -0.2) is 49.4 Å². The van der Waals surface area contributed by atoms with Gasteiger partial charge in [-0.15, -0.1) is 0 Å². The van der Waals surface area contributed by atoms with Gasteiger partial charge in [0.1, 0.15) is 23.6 Å². The van der Waals surface area contributed by atoms with E-state index in [4.69, 9.17) is 15.6 Å². The molecule has 0 unspecified atom stereocenters. The topological polar surface area (TPSA) is 128 Å². The second-order valence-corrected chi connectivity index (χ2v) is 10.8. The molecule has 188 valence electrons. The Hall–Kier alpha value is -3.86. The zero-order valence-corrected chi connectivity index (χ0v) is 21.3. The second-order valence-electron chi connectivity index (χ2n) is 9.10. The zero-order chi connectivity index (χ0) is 25.4. The molecule has 10 nitrogen and oxygen atoms in total. The number of benzene rings is 2. The average Bonchev–Trinajstić information content (AvgIpc) is 3.53. The summed E-state index contributed by atoms with van der Waals surface area (Å²) in [5.74, 6) is 0.712. The molecule has 5 rings (SSSR count). The maximum atomic E-state index is 13.0. The van der Waals surface area contributed by atoms with Gasteiger partial charge in [-0.05, 0) is 49.2 Å². The van der Waals surface area contributed by atoms with Crippen molar-refractivity contribution >= 4 is 38.2 Å². The molecule has 0 radical (unpaired) electrons. The SMILES string of the molecule is COc1cc(-c2nn(C3CCCC3)c3ncnc(N)c23)ccc1NS(=O)(=O)c1ccc(N(C)C)cc1. The minimum Gasteiger partial charge on any atom is -0.495 e. The van der Waals surface area contributed by atoms with E-state index in [1.54, 1.807) is 42.5 Å². The molecule has 4 aromatic rings. The van der Waals surface area contributed by atoms with Gasteiger partial charge >= 0.3 is 0 Å². The summed E-state index contributed by atoms with van der Waals surface area (Å²) in [7, 11) is 1.47. The van der Waals surface area contributed by atoms with E-state index < -0.39 is 10.0 Å². The molecule has 1 aliphatic carbocycles. The Bertz CT molecular complexity index is 1510. The van der Waals surface area contributed by atoms with Crippen molar-refractivity contribution in [3.05, 3.63) is 48.8 Å². The van der Waals surface area contributed by atoms with E-state index >= 15 is 0 Å². The van der Waals surface area contributed by atoms with Crippen molar-refractivity contribution in [2.75, 3.05) is 36.6 Å². The monoisotopic (exact) mass is 507 g/mol. The predicted octanol–water partition coefficient (Wildman–Crippen LogP) is 4.07. The van der Waals surface area contributed by atoms with E-state index in [2.05, 4.69) is 14.7 Å². The van der Waals surface area contributed by atoms with Crippen molar-refractivity contribution in [3.8, 4) is 17.0 Å². The summed E-state index contributed by atoms with van der Waals surface area (Å²) >= 11 is 0. The number of nitrogens with zero attached hydrogens (tertiary/aromatic N) is 5. The molecule has 0 amide bonds. The molecule has 1 aliphatic rings. The van der Waals surface area contributed by atoms with Gasteiger partial charge in [-0.1, -0.05) is 18.9 Å². The van der Waals surface area contributed by atoms with Gasteiger partial charge in [0.2, 0.25) is 0 Å². The Balaban J connectivity index is 1.52. The first kappa shape index (κ1) is 23.9. The van der Waals surface area contributed by atoms with Crippen molar-refractivity contribution < 1.29 is 13.2 Å². The molecule has 1 fully saturated rings. The van der Waals surface area contributed by atoms with Gasteiger partial charge in [0, 0.05) is 25.3 Å². The summed E-state index contributed by atoms with van der Waals surface area (Å²) in [4.78, 5) is 10.7. The number of nitrogens with one attached hydrogen (secondary N) is 1. The Morgan fingerprint density at radius 2 is 1.81 bits per heavy atom. The highest BCUT2D eigenvalue weighted by Crippen LogP contribution is 2.39. The van der Waals surface area contributed by atoms with E-state index in [1.165, 1.54) is 13.4 Å². The smallest absolute Gasteiger partial charge is 0.262 e. The van der Waals surface area contributed by atoms with Gasteiger partial charge in [-0.3, -0.25) is 4.72 Å². The average molecular weight is 508 g/mol. The Morgan fingerprint density at radius 1 is 1.08 bits per heavy atom. The standard InChI is InChI=1S/C25H29N7O3S/c1-31(2)17-9-11-19(12-10-17)36(33,34)30-20-13-8-16(14-21(20)35-3)23-22-24(26)27-15-28-25(22)32(29-23)18-6-4-5-7-18/h8-15,18,30H,4-7H2,1-3H3,(H2,26,27,28). The second kappa shape index (κ2) is 9.30. The fourth-order valence-corrected chi connectivity index (χ4v) is 5.72. The highest BCUT2D eigenvalue weighted by molar-refractivity contribution is 7.92. The zero-order valence-electron chi connectivity index (χ0n) is 20.5. The third kappa shape index (κ3) is 4.30. The summed E-state index contributed by atoms with van der Waals surface area (Å²) in [5, 5.41) is 5.57. The van der Waals surface area contributed by atoms with Gasteiger partial charge in [-0.2, -0.15) is 5.10 Å². The molecule has 3 N–H and O–H groups in total. The minimum absolute atomic E-state index is 0.158. The van der Waals surface area contributed by atoms with E-state index in [9.17, 15) is 8.42 Å². The molecular weight excluding hydrogens is 478 g/mol. The number of nitrogens with two attached hydrogens (primary N) is 1. The molecule has 0 atom stereocenters. The largest absolute Gasteiger partial charge is 0.495 e. The Morgan fingerprint density at radius 3 is 2.47 bits per heavy atom. The number of anilines is 3. The number of sulfonamides is 1. The summed E-state index contributed by atoms with van der Waals surface area (Å²) in [6.45, 7) is 0. The molecule has 1 saturated carbocycles. The minimum atomic E-state index is -3.82. The number of rotatable bonds is 7. The third-order valence-electron chi connectivity index (χ3n) is 6.57. The van der Waals surface area contributed by atoms with Crippen molar-refractivity contribution in [2.45, 2.75) is 36.6 Å². The first-order chi connectivity index (χ1) is 17.3. The van der Waals surface area contributed by atoms with Crippen LogP contribution in [0.5, 0.6) is 5.75 Å². The lowest BCUT2D eigenvalue weighted by Crippen LogP contribution is -2.14. The first-order valence-corrected chi connectivity index (χ1v) is 13.2. The third-order valence-corrected chi connectivity index (χ3v) is 7.95. The molecular formula is C25H29N7O3S. The fraction of sp³-hybridized carbons (Fsp3) is 0.320. The fourth-order valence-electron chi connectivity index (χ4n) is 4.65. The molecule has 2 aromatic heterocycles. The molecule has 0 saturated heterocycles. The van der Waals surface area contributed by atoms with Crippen LogP contribution >= 0.6 is 0 Å². The Kier molecular flexibility index (Phi) is 6.17. The lowest BCUT2D eigenvalue weighted by Gasteiger charge is -2.15. The van der Waals surface area contributed by atoms with Crippen LogP contribution in [-0.2, 0) is 10.0 Å². The van der Waals surface area contributed by atoms with E-state index in [0.29, 0.717) is 34.0 Å². The molecule has 2 heterocycles. The van der Waals surface area contributed by atoms with E-state index in [0.717, 1.165) is 36.9 Å². The number of aromatic nitrogens is 4. The normalized spacial score (nSPS) is 14.3. The van der Waals surface area contributed by atoms with Crippen LogP contribution in [0.1, 0.15) is 31.7 Å². The van der Waals surface area contributed by atoms with Crippen molar-refractivity contribution in [3.63, 3.8) is 0 Å². The van der Waals surface area contributed by atoms with Gasteiger partial charge < -0.3 is 15.4 Å². The number of fused-ring (bicyclic) bond motifs is 1.